The molecule has 0 aliphatic carbocycles. The standard InChI is InChI=1S/C21H24F2N2O2/c1-4-25(13-15-6-5-7-18(23)12-15)21(27)19(14(2)3)24-20(26)16-8-10-17(22)11-9-16/h5-12,14,19H,4,13H2,1-3H3,(H,24,26). The molecule has 2 aromatic rings. The van der Waals surface area contributed by atoms with Gasteiger partial charge in [0.2, 0.25) is 5.91 Å². The van der Waals surface area contributed by atoms with E-state index in [1.54, 1.807) is 17.0 Å². The second kappa shape index (κ2) is 9.26. The quantitative estimate of drug-likeness (QED) is 0.802. The highest BCUT2D eigenvalue weighted by molar-refractivity contribution is 5.97. The number of rotatable bonds is 7. The van der Waals surface area contributed by atoms with Gasteiger partial charge < -0.3 is 10.2 Å². The fraction of sp³-hybridized carbons (Fsp3) is 0.333. The summed E-state index contributed by atoms with van der Waals surface area (Å²) >= 11 is 0. The van der Waals surface area contributed by atoms with Gasteiger partial charge in [-0.2, -0.15) is 0 Å². The summed E-state index contributed by atoms with van der Waals surface area (Å²) in [5.41, 5.74) is 0.959. The molecule has 2 amide bonds. The predicted octanol–water partition coefficient (Wildman–Crippen LogP) is 3.77. The molecule has 0 aromatic heterocycles. The summed E-state index contributed by atoms with van der Waals surface area (Å²) in [6.45, 7) is 6.18. The van der Waals surface area contributed by atoms with Crippen LogP contribution in [-0.2, 0) is 11.3 Å². The lowest BCUT2D eigenvalue weighted by Gasteiger charge is -2.29. The first-order chi connectivity index (χ1) is 12.8. The van der Waals surface area contributed by atoms with Crippen molar-refractivity contribution >= 4 is 11.8 Å². The van der Waals surface area contributed by atoms with Crippen LogP contribution in [0.25, 0.3) is 0 Å². The SMILES string of the molecule is CCN(Cc1cccc(F)c1)C(=O)C(NC(=O)c1ccc(F)cc1)C(C)C. The van der Waals surface area contributed by atoms with Gasteiger partial charge in [-0.15, -0.1) is 0 Å². The molecular weight excluding hydrogens is 350 g/mol. The summed E-state index contributed by atoms with van der Waals surface area (Å²) in [6.07, 6.45) is 0. The monoisotopic (exact) mass is 374 g/mol. The molecule has 0 saturated heterocycles. The third-order valence-corrected chi connectivity index (χ3v) is 4.28. The number of carbonyl (C=O) groups is 2. The van der Waals surface area contributed by atoms with Gasteiger partial charge >= 0.3 is 0 Å². The van der Waals surface area contributed by atoms with E-state index in [0.717, 1.165) is 0 Å². The first-order valence-electron chi connectivity index (χ1n) is 8.91. The Bertz CT molecular complexity index is 791. The third kappa shape index (κ3) is 5.61. The Morgan fingerprint density at radius 2 is 1.70 bits per heavy atom. The molecule has 0 aliphatic heterocycles. The maximum Gasteiger partial charge on any atom is 0.251 e. The minimum absolute atomic E-state index is 0.150. The number of nitrogens with one attached hydrogen (secondary N) is 1. The smallest absolute Gasteiger partial charge is 0.251 e. The van der Waals surface area contributed by atoms with Crippen molar-refractivity contribution in [3.05, 3.63) is 71.3 Å². The van der Waals surface area contributed by atoms with Crippen LogP contribution in [0, 0.1) is 17.6 Å². The van der Waals surface area contributed by atoms with Gasteiger partial charge in [0.1, 0.15) is 17.7 Å². The first kappa shape index (κ1) is 20.6. The largest absolute Gasteiger partial charge is 0.340 e. The van der Waals surface area contributed by atoms with E-state index in [2.05, 4.69) is 5.32 Å². The fourth-order valence-electron chi connectivity index (χ4n) is 2.74. The highest BCUT2D eigenvalue weighted by Gasteiger charge is 2.28. The van der Waals surface area contributed by atoms with Crippen LogP contribution >= 0.6 is 0 Å². The molecule has 0 fully saturated rings. The van der Waals surface area contributed by atoms with Crippen molar-refractivity contribution in [1.29, 1.82) is 0 Å². The highest BCUT2D eigenvalue weighted by Crippen LogP contribution is 2.13. The van der Waals surface area contributed by atoms with E-state index in [0.29, 0.717) is 12.1 Å². The third-order valence-electron chi connectivity index (χ3n) is 4.28. The molecule has 27 heavy (non-hydrogen) atoms. The van der Waals surface area contributed by atoms with Gasteiger partial charge in [0.15, 0.2) is 0 Å². The molecule has 2 rings (SSSR count). The van der Waals surface area contributed by atoms with Gasteiger partial charge in [0.05, 0.1) is 0 Å². The maximum absolute atomic E-state index is 13.4. The van der Waals surface area contributed by atoms with Crippen molar-refractivity contribution in [2.75, 3.05) is 6.54 Å². The van der Waals surface area contributed by atoms with E-state index in [-0.39, 0.29) is 29.8 Å². The number of carbonyl (C=O) groups excluding carboxylic acids is 2. The van der Waals surface area contributed by atoms with Gasteiger partial charge in [0, 0.05) is 18.7 Å². The number of nitrogens with zero attached hydrogens (tertiary/aromatic N) is 1. The van der Waals surface area contributed by atoms with E-state index in [1.807, 2.05) is 20.8 Å². The lowest BCUT2D eigenvalue weighted by atomic mass is 10.0. The van der Waals surface area contributed by atoms with Crippen molar-refractivity contribution in [1.82, 2.24) is 10.2 Å². The van der Waals surface area contributed by atoms with Crippen LogP contribution in [0.5, 0.6) is 0 Å². The lowest BCUT2D eigenvalue weighted by Crippen LogP contribution is -2.51. The zero-order valence-corrected chi connectivity index (χ0v) is 15.7. The second-order valence-electron chi connectivity index (χ2n) is 6.68. The number of hydrogen-bond donors (Lipinski definition) is 1. The average Bonchev–Trinajstić information content (AvgIpc) is 2.63. The number of hydrogen-bond acceptors (Lipinski definition) is 2. The molecule has 0 heterocycles. The number of likely N-dealkylation sites (N-methyl/N-ethyl adjacent to an activating group) is 1. The molecule has 0 spiro atoms. The Hall–Kier alpha value is -2.76. The molecule has 0 aliphatic rings. The first-order valence-corrected chi connectivity index (χ1v) is 8.91. The van der Waals surface area contributed by atoms with E-state index in [4.69, 9.17) is 0 Å². The van der Waals surface area contributed by atoms with Gasteiger partial charge in [0.25, 0.3) is 5.91 Å². The van der Waals surface area contributed by atoms with Crippen molar-refractivity contribution in [3.8, 4) is 0 Å². The zero-order chi connectivity index (χ0) is 20.0. The van der Waals surface area contributed by atoms with E-state index in [1.165, 1.54) is 36.4 Å². The normalized spacial score (nSPS) is 11.9. The number of halogens is 2. The van der Waals surface area contributed by atoms with Crippen LogP contribution in [-0.4, -0.2) is 29.3 Å². The molecule has 1 unspecified atom stereocenters. The predicted molar refractivity (Wildman–Crippen MR) is 100.0 cm³/mol. The van der Waals surface area contributed by atoms with Crippen LogP contribution in [0.3, 0.4) is 0 Å². The van der Waals surface area contributed by atoms with Crippen molar-refractivity contribution < 1.29 is 18.4 Å². The van der Waals surface area contributed by atoms with E-state index < -0.39 is 17.8 Å². The molecular formula is C21H24F2N2O2. The minimum Gasteiger partial charge on any atom is -0.340 e. The van der Waals surface area contributed by atoms with E-state index in [9.17, 15) is 18.4 Å². The molecule has 4 nitrogen and oxygen atoms in total. The summed E-state index contributed by atoms with van der Waals surface area (Å²) in [7, 11) is 0. The summed E-state index contributed by atoms with van der Waals surface area (Å²) in [5.74, 6) is -1.63. The summed E-state index contributed by atoms with van der Waals surface area (Å²) in [4.78, 5) is 27.0. The van der Waals surface area contributed by atoms with Gasteiger partial charge in [-0.1, -0.05) is 26.0 Å². The zero-order valence-electron chi connectivity index (χ0n) is 15.7. The molecule has 144 valence electrons. The van der Waals surface area contributed by atoms with Crippen molar-refractivity contribution in [2.45, 2.75) is 33.4 Å². The fourth-order valence-corrected chi connectivity index (χ4v) is 2.74. The van der Waals surface area contributed by atoms with Crippen LogP contribution < -0.4 is 5.32 Å². The Kier molecular flexibility index (Phi) is 7.05. The maximum atomic E-state index is 13.4. The van der Waals surface area contributed by atoms with Crippen LogP contribution in [0.4, 0.5) is 8.78 Å². The molecule has 1 atom stereocenters. The summed E-state index contributed by atoms with van der Waals surface area (Å²) < 4.78 is 26.4. The molecule has 0 bridgehead atoms. The number of amides is 2. The van der Waals surface area contributed by atoms with Crippen molar-refractivity contribution in [2.24, 2.45) is 5.92 Å². The van der Waals surface area contributed by atoms with Crippen LogP contribution in [0.2, 0.25) is 0 Å². The Morgan fingerprint density at radius 3 is 2.26 bits per heavy atom. The average molecular weight is 374 g/mol. The highest BCUT2D eigenvalue weighted by atomic mass is 19.1. The molecule has 2 aromatic carbocycles. The minimum atomic E-state index is -0.740. The second-order valence-corrected chi connectivity index (χ2v) is 6.68. The Labute approximate surface area is 158 Å². The van der Waals surface area contributed by atoms with Crippen LogP contribution in [0.15, 0.2) is 48.5 Å². The number of benzene rings is 2. The van der Waals surface area contributed by atoms with Gasteiger partial charge in [-0.05, 0) is 54.8 Å². The van der Waals surface area contributed by atoms with Crippen molar-refractivity contribution in [3.63, 3.8) is 0 Å². The van der Waals surface area contributed by atoms with Gasteiger partial charge in [-0.25, -0.2) is 8.78 Å². The van der Waals surface area contributed by atoms with E-state index >= 15 is 0 Å². The Balaban J connectivity index is 2.14. The molecule has 6 heteroatoms. The molecule has 0 radical (unpaired) electrons. The van der Waals surface area contributed by atoms with Crippen LogP contribution in [0.1, 0.15) is 36.7 Å². The Morgan fingerprint density at radius 1 is 1.04 bits per heavy atom. The summed E-state index contributed by atoms with van der Waals surface area (Å²) in [5, 5.41) is 2.74. The summed E-state index contributed by atoms with van der Waals surface area (Å²) in [6, 6.07) is 10.5. The molecule has 0 saturated carbocycles. The topological polar surface area (TPSA) is 49.4 Å². The van der Waals surface area contributed by atoms with Gasteiger partial charge in [-0.3, -0.25) is 9.59 Å². The lowest BCUT2D eigenvalue weighted by molar-refractivity contribution is -0.134. The molecule has 1 N–H and O–H groups in total.